The fourth-order valence-corrected chi connectivity index (χ4v) is 4.80. The molecule has 7 nitrogen and oxygen atoms in total. The molecule has 5 heterocycles. The van der Waals surface area contributed by atoms with Crippen molar-refractivity contribution in [3.05, 3.63) is 66.2 Å². The average Bonchev–Trinajstić information content (AvgIpc) is 3.39. The molecular weight excluding hydrogens is 386 g/mol. The van der Waals surface area contributed by atoms with Gasteiger partial charge in [-0.2, -0.15) is 0 Å². The van der Waals surface area contributed by atoms with Crippen LogP contribution in [0.1, 0.15) is 30.8 Å². The monoisotopic (exact) mass is 411 g/mol. The van der Waals surface area contributed by atoms with Crippen LogP contribution in [-0.2, 0) is 6.42 Å². The van der Waals surface area contributed by atoms with E-state index in [1.54, 1.807) is 0 Å². The highest BCUT2D eigenvalue weighted by Crippen LogP contribution is 2.35. The number of fused-ring (bicyclic) bond motifs is 3. The van der Waals surface area contributed by atoms with Crippen LogP contribution in [0.2, 0.25) is 0 Å². The average molecular weight is 412 g/mol. The van der Waals surface area contributed by atoms with E-state index >= 15 is 0 Å². The Labute approximate surface area is 181 Å². The molecule has 1 aromatic carbocycles. The predicted octanol–water partition coefficient (Wildman–Crippen LogP) is 3.22. The lowest BCUT2D eigenvalue weighted by Crippen LogP contribution is -2.49. The van der Waals surface area contributed by atoms with E-state index in [0.29, 0.717) is 6.04 Å². The molecular formula is C24H25N7. The second-order valence-corrected chi connectivity index (χ2v) is 8.48. The molecule has 0 aliphatic carbocycles. The molecule has 0 spiro atoms. The van der Waals surface area contributed by atoms with E-state index in [0.717, 1.165) is 66.7 Å². The summed E-state index contributed by atoms with van der Waals surface area (Å²) in [6.07, 6.45) is 5.82. The molecule has 2 aliphatic rings. The number of aryl methyl sites for hydroxylation is 1. The van der Waals surface area contributed by atoms with Crippen LogP contribution in [0.3, 0.4) is 0 Å². The van der Waals surface area contributed by atoms with Crippen LogP contribution in [0.5, 0.6) is 0 Å². The van der Waals surface area contributed by atoms with Crippen LogP contribution in [0.15, 0.2) is 54.9 Å². The number of anilines is 1. The second kappa shape index (κ2) is 7.42. The number of nitrogens with one attached hydrogen (secondary N) is 1. The zero-order valence-corrected chi connectivity index (χ0v) is 17.6. The number of rotatable bonds is 3. The van der Waals surface area contributed by atoms with Gasteiger partial charge < -0.3 is 14.8 Å². The number of benzene rings is 1. The molecule has 1 N–H and O–H groups in total. The van der Waals surface area contributed by atoms with Crippen LogP contribution in [0.25, 0.3) is 22.4 Å². The summed E-state index contributed by atoms with van der Waals surface area (Å²) >= 11 is 0. The Balaban J connectivity index is 1.34. The Morgan fingerprint density at radius 2 is 1.84 bits per heavy atom. The molecule has 1 fully saturated rings. The maximum absolute atomic E-state index is 5.00. The molecule has 0 unspecified atom stereocenters. The van der Waals surface area contributed by atoms with Crippen molar-refractivity contribution in [2.24, 2.45) is 0 Å². The van der Waals surface area contributed by atoms with Gasteiger partial charge >= 0.3 is 0 Å². The summed E-state index contributed by atoms with van der Waals surface area (Å²) in [4.78, 5) is 21.4. The molecule has 2 aliphatic heterocycles. The number of hydrogen-bond donors (Lipinski definition) is 1. The van der Waals surface area contributed by atoms with Crippen molar-refractivity contribution < 1.29 is 0 Å². The van der Waals surface area contributed by atoms with Gasteiger partial charge in [0.2, 0.25) is 5.95 Å². The number of piperazine rings is 1. The summed E-state index contributed by atoms with van der Waals surface area (Å²) in [5.41, 5.74) is 5.02. The second-order valence-electron chi connectivity index (χ2n) is 8.48. The molecule has 0 bridgehead atoms. The molecule has 1 saturated heterocycles. The third-order valence-corrected chi connectivity index (χ3v) is 6.33. The maximum Gasteiger partial charge on any atom is 0.225 e. The molecule has 31 heavy (non-hydrogen) atoms. The zero-order chi connectivity index (χ0) is 20.8. The van der Waals surface area contributed by atoms with Gasteiger partial charge in [-0.05, 0) is 31.0 Å². The summed E-state index contributed by atoms with van der Waals surface area (Å²) in [7, 11) is 0. The lowest BCUT2D eigenvalue weighted by Gasteiger charge is -2.31. The number of pyridine rings is 1. The van der Waals surface area contributed by atoms with Crippen LogP contribution in [0.4, 0.5) is 5.95 Å². The van der Waals surface area contributed by atoms with Gasteiger partial charge in [0.25, 0.3) is 0 Å². The highest BCUT2D eigenvalue weighted by atomic mass is 15.3. The largest absolute Gasteiger partial charge is 0.338 e. The van der Waals surface area contributed by atoms with E-state index in [2.05, 4.69) is 68.1 Å². The lowest BCUT2D eigenvalue weighted by molar-refractivity contribution is 0.479. The number of hydrogen-bond acceptors (Lipinski definition) is 6. The first-order valence-corrected chi connectivity index (χ1v) is 11.0. The van der Waals surface area contributed by atoms with Gasteiger partial charge in [0.1, 0.15) is 11.3 Å². The molecule has 156 valence electrons. The minimum atomic E-state index is 0.289. The van der Waals surface area contributed by atoms with E-state index in [1.807, 2.05) is 18.5 Å². The molecule has 6 rings (SSSR count). The number of nitrogens with zero attached hydrogens (tertiary/aromatic N) is 6. The van der Waals surface area contributed by atoms with E-state index in [-0.39, 0.29) is 6.04 Å². The number of aromatic nitrogens is 5. The highest BCUT2D eigenvalue weighted by molar-refractivity contribution is 5.76. The Kier molecular flexibility index (Phi) is 4.42. The van der Waals surface area contributed by atoms with Gasteiger partial charge in [-0.15, -0.1) is 0 Å². The topological polar surface area (TPSA) is 71.8 Å². The summed E-state index contributed by atoms with van der Waals surface area (Å²) in [6.45, 7) is 4.99. The minimum Gasteiger partial charge on any atom is -0.338 e. The Bertz CT molecular complexity index is 1220. The van der Waals surface area contributed by atoms with E-state index in [4.69, 9.17) is 9.97 Å². The van der Waals surface area contributed by atoms with Crippen molar-refractivity contribution in [3.8, 4) is 11.3 Å². The highest BCUT2D eigenvalue weighted by Gasteiger charge is 2.28. The molecule has 2 atom stereocenters. The Morgan fingerprint density at radius 3 is 2.65 bits per heavy atom. The van der Waals surface area contributed by atoms with Crippen molar-refractivity contribution in [2.45, 2.75) is 31.8 Å². The molecule has 3 aromatic heterocycles. The summed E-state index contributed by atoms with van der Waals surface area (Å²) in [5, 5.41) is 3.45. The van der Waals surface area contributed by atoms with Crippen molar-refractivity contribution in [1.29, 1.82) is 0 Å². The first-order valence-electron chi connectivity index (χ1n) is 11.0. The molecule has 4 aromatic rings. The molecule has 0 radical (unpaired) electrons. The summed E-state index contributed by atoms with van der Waals surface area (Å²) < 4.78 is 2.31. The van der Waals surface area contributed by atoms with Crippen molar-refractivity contribution in [1.82, 2.24) is 29.8 Å². The molecule has 7 heteroatoms. The van der Waals surface area contributed by atoms with E-state index in [1.165, 1.54) is 5.56 Å². The van der Waals surface area contributed by atoms with E-state index in [9.17, 15) is 0 Å². The van der Waals surface area contributed by atoms with Gasteiger partial charge in [0, 0.05) is 50.1 Å². The third-order valence-electron chi connectivity index (χ3n) is 6.33. The number of imidazole rings is 1. The van der Waals surface area contributed by atoms with Crippen LogP contribution >= 0.6 is 0 Å². The molecule has 0 amide bonds. The van der Waals surface area contributed by atoms with Crippen molar-refractivity contribution in [3.63, 3.8) is 0 Å². The minimum absolute atomic E-state index is 0.289. The first kappa shape index (κ1) is 18.4. The molecule has 0 saturated carbocycles. The van der Waals surface area contributed by atoms with Gasteiger partial charge in [-0.25, -0.2) is 19.9 Å². The van der Waals surface area contributed by atoms with Crippen molar-refractivity contribution >= 4 is 17.1 Å². The normalized spacial score (nSPS) is 20.9. The predicted molar refractivity (Wildman–Crippen MR) is 121 cm³/mol. The van der Waals surface area contributed by atoms with Crippen LogP contribution < -0.4 is 10.2 Å². The standard InChI is InChI=1S/C24H25N7/c1-16-15-30(12-11-25-16)24-26-13-18(14-27-24)19-7-8-20-23(29-19)31-21(9-10-22(31)28-20)17-5-3-2-4-6-17/h2-8,13-14,16,21,25H,9-12,15H2,1H3/t16-,21-/m1/s1. The van der Waals surface area contributed by atoms with Gasteiger partial charge in [-0.1, -0.05) is 30.3 Å². The van der Waals surface area contributed by atoms with E-state index < -0.39 is 0 Å². The lowest BCUT2D eigenvalue weighted by atomic mass is 10.0. The maximum atomic E-state index is 5.00. The Hall–Kier alpha value is -3.32. The van der Waals surface area contributed by atoms with Crippen LogP contribution in [-0.4, -0.2) is 50.2 Å². The SMILES string of the molecule is C[C@@H]1CN(c2ncc(-c3ccc4nc5n(c4n3)[C@@H](c3ccccc3)CC5)cn2)CCN1. The van der Waals surface area contributed by atoms with Gasteiger partial charge in [0.05, 0.1) is 11.7 Å². The fraction of sp³-hybridized carbons (Fsp3) is 0.333. The first-order chi connectivity index (χ1) is 15.3. The van der Waals surface area contributed by atoms with Crippen molar-refractivity contribution in [2.75, 3.05) is 24.5 Å². The summed E-state index contributed by atoms with van der Waals surface area (Å²) in [6, 6.07) is 15.5. The summed E-state index contributed by atoms with van der Waals surface area (Å²) in [5.74, 6) is 1.90. The van der Waals surface area contributed by atoms with Gasteiger partial charge in [-0.3, -0.25) is 0 Å². The zero-order valence-electron chi connectivity index (χ0n) is 17.6. The van der Waals surface area contributed by atoms with Gasteiger partial charge in [0.15, 0.2) is 5.65 Å². The quantitative estimate of drug-likeness (QED) is 0.558. The van der Waals surface area contributed by atoms with Crippen LogP contribution in [0, 0.1) is 0 Å². The third kappa shape index (κ3) is 3.25. The fourth-order valence-electron chi connectivity index (χ4n) is 4.80. The Morgan fingerprint density at radius 1 is 1.00 bits per heavy atom. The smallest absolute Gasteiger partial charge is 0.225 e.